The van der Waals surface area contributed by atoms with E-state index >= 15 is 0 Å². The number of pyridine rings is 1. The zero-order chi connectivity index (χ0) is 23.2. The number of fused-ring (bicyclic) bond motifs is 1. The summed E-state index contributed by atoms with van der Waals surface area (Å²) in [6, 6.07) is 20.3. The molecule has 0 spiro atoms. The average Bonchev–Trinajstić information content (AvgIpc) is 3.28. The lowest BCUT2D eigenvalue weighted by molar-refractivity contribution is 0.233. The van der Waals surface area contributed by atoms with Crippen LogP contribution >= 0.6 is 0 Å². The Bertz CT molecular complexity index is 1200. The first-order valence-electron chi connectivity index (χ1n) is 10.7. The molecule has 2 aromatic carbocycles. The van der Waals surface area contributed by atoms with Crippen molar-refractivity contribution in [1.29, 1.82) is 0 Å². The van der Waals surface area contributed by atoms with E-state index in [-0.39, 0.29) is 18.1 Å². The number of nitrogens with one attached hydrogen (secondary N) is 2. The maximum atomic E-state index is 13.0. The zero-order valence-electron chi connectivity index (χ0n) is 18.9. The number of nitrogens with zero attached hydrogens (tertiary/aromatic N) is 3. The fourth-order valence-corrected chi connectivity index (χ4v) is 3.70. The number of carbonyl (C=O) groups excluding carboxylic acids is 1. The molecular formula is C25H27N5O3. The summed E-state index contributed by atoms with van der Waals surface area (Å²) < 4.78 is 12.4. The third-order valence-corrected chi connectivity index (χ3v) is 5.50. The van der Waals surface area contributed by atoms with E-state index in [1.807, 2.05) is 84.3 Å². The third-order valence-electron chi connectivity index (χ3n) is 5.50. The van der Waals surface area contributed by atoms with E-state index in [0.29, 0.717) is 12.2 Å². The van der Waals surface area contributed by atoms with Gasteiger partial charge in [-0.2, -0.15) is 0 Å². The highest BCUT2D eigenvalue weighted by atomic mass is 16.5. The highest BCUT2D eigenvalue weighted by Crippen LogP contribution is 2.23. The normalized spacial score (nSPS) is 12.7. The van der Waals surface area contributed by atoms with Crippen LogP contribution in [0, 0.1) is 0 Å². The summed E-state index contributed by atoms with van der Waals surface area (Å²) in [7, 11) is 3.27. The van der Waals surface area contributed by atoms with Gasteiger partial charge in [-0.25, -0.2) is 4.79 Å². The van der Waals surface area contributed by atoms with E-state index in [4.69, 9.17) is 9.47 Å². The van der Waals surface area contributed by atoms with Crippen LogP contribution in [0.1, 0.15) is 36.0 Å². The molecular weight excluding hydrogens is 418 g/mol. The quantitative estimate of drug-likeness (QED) is 0.426. The van der Waals surface area contributed by atoms with E-state index in [1.54, 1.807) is 14.2 Å². The first kappa shape index (κ1) is 22.1. The van der Waals surface area contributed by atoms with Crippen LogP contribution in [0.2, 0.25) is 0 Å². The highest BCUT2D eigenvalue weighted by molar-refractivity contribution is 5.75. The topological polar surface area (TPSA) is 89.8 Å². The number of ether oxygens (including phenoxy) is 2. The van der Waals surface area contributed by atoms with Crippen molar-refractivity contribution < 1.29 is 14.3 Å². The summed E-state index contributed by atoms with van der Waals surface area (Å²) >= 11 is 0. The second-order valence-electron chi connectivity index (χ2n) is 7.70. The lowest BCUT2D eigenvalue weighted by atomic mass is 9.98. The van der Waals surface area contributed by atoms with Gasteiger partial charge in [0.25, 0.3) is 0 Å². The van der Waals surface area contributed by atoms with Crippen LogP contribution in [0.15, 0.2) is 72.9 Å². The molecule has 2 N–H and O–H groups in total. The van der Waals surface area contributed by atoms with Crippen LogP contribution in [0.25, 0.3) is 5.65 Å². The van der Waals surface area contributed by atoms with Crippen molar-refractivity contribution in [3.63, 3.8) is 0 Å². The molecule has 0 saturated carbocycles. The molecule has 0 aliphatic rings. The molecule has 2 heterocycles. The molecule has 8 nitrogen and oxygen atoms in total. The van der Waals surface area contributed by atoms with E-state index < -0.39 is 0 Å². The van der Waals surface area contributed by atoms with Gasteiger partial charge in [0.1, 0.15) is 11.5 Å². The monoisotopic (exact) mass is 445 g/mol. The van der Waals surface area contributed by atoms with Crippen LogP contribution < -0.4 is 20.1 Å². The summed E-state index contributed by atoms with van der Waals surface area (Å²) in [4.78, 5) is 13.0. The minimum Gasteiger partial charge on any atom is -0.497 e. The number of carbonyl (C=O) groups is 1. The predicted molar refractivity (Wildman–Crippen MR) is 126 cm³/mol. The minimum atomic E-state index is -0.333. The Morgan fingerprint density at radius 1 is 0.909 bits per heavy atom. The summed E-state index contributed by atoms with van der Waals surface area (Å²) in [6.45, 7) is 1.88. The number of aromatic nitrogens is 3. The van der Waals surface area contributed by atoms with Crippen molar-refractivity contribution in [1.82, 2.24) is 25.2 Å². The molecule has 2 atom stereocenters. The van der Waals surface area contributed by atoms with Crippen LogP contribution in [-0.4, -0.2) is 34.8 Å². The van der Waals surface area contributed by atoms with E-state index in [9.17, 15) is 4.79 Å². The first-order chi connectivity index (χ1) is 16.1. The standard InChI is InChI=1S/C25H27N5O3/c1-17(24-29-28-23-6-4-5-15-30(23)24)26-25(31)27-22(19-9-13-21(33-3)14-10-19)16-18-7-11-20(32-2)12-8-18/h4-15,17,22H,16H2,1-3H3,(H2,26,27,31)/t17-,22-/m1/s1. The fraction of sp³-hybridized carbons (Fsp3) is 0.240. The van der Waals surface area contributed by atoms with Gasteiger partial charge in [-0.15, -0.1) is 10.2 Å². The van der Waals surface area contributed by atoms with Gasteiger partial charge < -0.3 is 20.1 Å². The van der Waals surface area contributed by atoms with Gasteiger partial charge in [-0.05, 0) is 60.9 Å². The van der Waals surface area contributed by atoms with Gasteiger partial charge in [-0.3, -0.25) is 4.40 Å². The number of amides is 2. The Labute approximate surface area is 192 Å². The average molecular weight is 446 g/mol. The second kappa shape index (κ2) is 10.0. The Hall–Kier alpha value is -4.07. The van der Waals surface area contributed by atoms with Gasteiger partial charge in [0, 0.05) is 6.20 Å². The Kier molecular flexibility index (Phi) is 6.73. The SMILES string of the molecule is COc1ccc(C[C@@H](NC(=O)N[C@H](C)c2nnc3ccccn23)c2ccc(OC)cc2)cc1. The van der Waals surface area contributed by atoms with E-state index in [2.05, 4.69) is 20.8 Å². The summed E-state index contributed by atoms with van der Waals surface area (Å²) in [5.74, 6) is 2.22. The van der Waals surface area contributed by atoms with Crippen molar-refractivity contribution in [3.8, 4) is 11.5 Å². The molecule has 0 fully saturated rings. The van der Waals surface area contributed by atoms with Crippen LogP contribution in [-0.2, 0) is 6.42 Å². The predicted octanol–water partition coefficient (Wildman–Crippen LogP) is 4.09. The van der Waals surface area contributed by atoms with Gasteiger partial charge in [0.2, 0.25) is 0 Å². The maximum absolute atomic E-state index is 13.0. The van der Waals surface area contributed by atoms with Crippen molar-refractivity contribution >= 4 is 11.7 Å². The van der Waals surface area contributed by atoms with Gasteiger partial charge >= 0.3 is 6.03 Å². The molecule has 0 radical (unpaired) electrons. The molecule has 0 saturated heterocycles. The van der Waals surface area contributed by atoms with Crippen molar-refractivity contribution in [2.45, 2.75) is 25.4 Å². The Morgan fingerprint density at radius 3 is 2.24 bits per heavy atom. The number of methoxy groups -OCH3 is 2. The molecule has 4 rings (SSSR count). The number of hydrogen-bond acceptors (Lipinski definition) is 5. The summed E-state index contributed by atoms with van der Waals surface area (Å²) in [6.07, 6.45) is 2.50. The van der Waals surface area contributed by atoms with Gasteiger partial charge in [0.15, 0.2) is 11.5 Å². The smallest absolute Gasteiger partial charge is 0.315 e. The summed E-state index contributed by atoms with van der Waals surface area (Å²) in [5, 5.41) is 14.5. The molecule has 0 bridgehead atoms. The molecule has 0 unspecified atom stereocenters. The Morgan fingerprint density at radius 2 is 1.58 bits per heavy atom. The number of hydrogen-bond donors (Lipinski definition) is 2. The van der Waals surface area contributed by atoms with E-state index in [1.165, 1.54) is 0 Å². The molecule has 33 heavy (non-hydrogen) atoms. The first-order valence-corrected chi connectivity index (χ1v) is 10.7. The summed E-state index contributed by atoms with van der Waals surface area (Å²) in [5.41, 5.74) is 2.79. The Balaban J connectivity index is 1.50. The van der Waals surface area contributed by atoms with Gasteiger partial charge in [0.05, 0.1) is 26.3 Å². The van der Waals surface area contributed by atoms with E-state index in [0.717, 1.165) is 28.3 Å². The van der Waals surface area contributed by atoms with Crippen molar-refractivity contribution in [2.24, 2.45) is 0 Å². The molecule has 2 aromatic heterocycles. The number of rotatable bonds is 8. The second-order valence-corrected chi connectivity index (χ2v) is 7.70. The molecule has 2 amide bonds. The largest absolute Gasteiger partial charge is 0.497 e. The molecule has 170 valence electrons. The minimum absolute atomic E-state index is 0.244. The number of benzene rings is 2. The lowest BCUT2D eigenvalue weighted by Gasteiger charge is -2.22. The number of urea groups is 1. The highest BCUT2D eigenvalue weighted by Gasteiger charge is 2.20. The molecule has 4 aromatic rings. The fourth-order valence-electron chi connectivity index (χ4n) is 3.70. The third kappa shape index (κ3) is 5.23. The van der Waals surface area contributed by atoms with Crippen molar-refractivity contribution in [3.05, 3.63) is 89.9 Å². The molecule has 0 aliphatic carbocycles. The van der Waals surface area contributed by atoms with Crippen molar-refractivity contribution in [2.75, 3.05) is 14.2 Å². The van der Waals surface area contributed by atoms with Crippen LogP contribution in [0.3, 0.4) is 0 Å². The zero-order valence-corrected chi connectivity index (χ0v) is 18.9. The van der Waals surface area contributed by atoms with Gasteiger partial charge in [-0.1, -0.05) is 30.3 Å². The molecule has 0 aliphatic heterocycles. The maximum Gasteiger partial charge on any atom is 0.315 e. The lowest BCUT2D eigenvalue weighted by Crippen LogP contribution is -2.40. The van der Waals surface area contributed by atoms with Crippen LogP contribution in [0.5, 0.6) is 11.5 Å². The van der Waals surface area contributed by atoms with Crippen LogP contribution in [0.4, 0.5) is 4.79 Å². The molecule has 8 heteroatoms.